The van der Waals surface area contributed by atoms with E-state index in [4.69, 9.17) is 4.74 Å². The number of carbonyl (C=O) groups is 1. The monoisotopic (exact) mass is 404 g/mol. The molecule has 0 unspecified atom stereocenters. The highest BCUT2D eigenvalue weighted by Crippen LogP contribution is 2.31. The fourth-order valence-electron chi connectivity index (χ4n) is 3.78. The number of hydrogen-bond acceptors (Lipinski definition) is 3. The van der Waals surface area contributed by atoms with Gasteiger partial charge in [-0.2, -0.15) is 0 Å². The van der Waals surface area contributed by atoms with E-state index in [9.17, 15) is 9.18 Å². The van der Waals surface area contributed by atoms with Crippen molar-refractivity contribution in [2.75, 3.05) is 7.11 Å². The predicted molar refractivity (Wildman–Crippen MR) is 115 cm³/mol. The molecule has 0 spiro atoms. The summed E-state index contributed by atoms with van der Waals surface area (Å²) < 4.78 is 24.5. The maximum atomic E-state index is 13.9. The predicted octanol–water partition coefficient (Wildman–Crippen LogP) is 5.67. The van der Waals surface area contributed by atoms with Crippen LogP contribution in [-0.4, -0.2) is 13.1 Å². The molecule has 3 aromatic carbocycles. The largest absolute Gasteiger partial charge is 0.489 e. The van der Waals surface area contributed by atoms with Crippen LogP contribution in [0.2, 0.25) is 0 Å². The Labute approximate surface area is 176 Å². The summed E-state index contributed by atoms with van der Waals surface area (Å²) in [5, 5.41) is 0. The molecule has 3 aromatic rings. The second kappa shape index (κ2) is 9.12. The Balaban J connectivity index is 1.41. The maximum Gasteiger partial charge on any atom is 0.305 e. The van der Waals surface area contributed by atoms with Gasteiger partial charge in [-0.1, -0.05) is 36.4 Å². The molecule has 4 rings (SSSR count). The van der Waals surface area contributed by atoms with E-state index in [1.54, 1.807) is 6.07 Å². The molecule has 0 heterocycles. The molecular weight excluding hydrogens is 379 g/mol. The molecule has 4 heteroatoms. The van der Waals surface area contributed by atoms with Crippen molar-refractivity contribution in [2.45, 2.75) is 38.7 Å². The van der Waals surface area contributed by atoms with Crippen molar-refractivity contribution in [2.24, 2.45) is 0 Å². The van der Waals surface area contributed by atoms with Crippen LogP contribution in [0.25, 0.3) is 11.1 Å². The average Bonchev–Trinajstić information content (AvgIpc) is 2.74. The van der Waals surface area contributed by atoms with Gasteiger partial charge in [0.05, 0.1) is 7.11 Å². The average molecular weight is 404 g/mol. The van der Waals surface area contributed by atoms with E-state index in [1.807, 2.05) is 30.3 Å². The van der Waals surface area contributed by atoms with Gasteiger partial charge in [0.25, 0.3) is 0 Å². The second-order valence-electron chi connectivity index (χ2n) is 7.65. The molecule has 0 bridgehead atoms. The summed E-state index contributed by atoms with van der Waals surface area (Å²) in [7, 11) is 1.40. The fourth-order valence-corrected chi connectivity index (χ4v) is 3.78. The minimum absolute atomic E-state index is 0.186. The molecule has 0 atom stereocenters. The highest BCUT2D eigenvalue weighted by Gasteiger charge is 2.15. The zero-order valence-electron chi connectivity index (χ0n) is 17.1. The van der Waals surface area contributed by atoms with E-state index in [0.717, 1.165) is 53.7 Å². The third-order valence-corrected chi connectivity index (χ3v) is 5.64. The molecule has 1 aliphatic carbocycles. The van der Waals surface area contributed by atoms with Crippen LogP contribution in [0.1, 0.15) is 35.1 Å². The molecule has 3 nitrogen and oxygen atoms in total. The number of esters is 1. The number of ether oxygens (including phenoxy) is 2. The van der Waals surface area contributed by atoms with Gasteiger partial charge >= 0.3 is 5.97 Å². The zero-order chi connectivity index (χ0) is 20.9. The number of aryl methyl sites for hydroxylation is 3. The minimum Gasteiger partial charge on any atom is -0.489 e. The number of carbonyl (C=O) groups excluding carboxylic acids is 1. The summed E-state index contributed by atoms with van der Waals surface area (Å²) in [6, 6.07) is 19.2. The van der Waals surface area contributed by atoms with Crippen molar-refractivity contribution >= 4 is 5.97 Å². The first-order valence-electron chi connectivity index (χ1n) is 10.3. The maximum absolute atomic E-state index is 13.9. The van der Waals surface area contributed by atoms with Gasteiger partial charge in [0, 0.05) is 6.42 Å². The molecule has 0 radical (unpaired) electrons. The Morgan fingerprint density at radius 1 is 0.967 bits per heavy atom. The van der Waals surface area contributed by atoms with Gasteiger partial charge in [-0.3, -0.25) is 4.79 Å². The second-order valence-corrected chi connectivity index (χ2v) is 7.65. The van der Waals surface area contributed by atoms with E-state index in [0.29, 0.717) is 13.0 Å². The topological polar surface area (TPSA) is 35.5 Å². The van der Waals surface area contributed by atoms with Gasteiger partial charge in [0.15, 0.2) is 0 Å². The molecule has 30 heavy (non-hydrogen) atoms. The van der Waals surface area contributed by atoms with Gasteiger partial charge in [0.2, 0.25) is 0 Å². The van der Waals surface area contributed by atoms with Crippen LogP contribution < -0.4 is 4.74 Å². The van der Waals surface area contributed by atoms with Crippen molar-refractivity contribution in [3.63, 3.8) is 0 Å². The molecule has 0 aliphatic heterocycles. The third kappa shape index (κ3) is 4.70. The molecule has 0 saturated carbocycles. The molecule has 0 amide bonds. The standard InChI is InChI=1S/C26H25FO3/c1-29-26(28)4-2-3-18-5-12-24(13-6-18)30-17-22-16-23(27)11-14-25(22)21-10-8-19-7-9-20(19)15-21/h5-6,8,10-16H,2-4,7,9,17H2,1H3. The lowest BCUT2D eigenvalue weighted by atomic mass is 9.85. The Morgan fingerprint density at radius 2 is 1.77 bits per heavy atom. The SMILES string of the molecule is COC(=O)CCCc1ccc(OCc2cc(F)ccc2-c2ccc3c(c2)CC3)cc1. The van der Waals surface area contributed by atoms with Gasteiger partial charge < -0.3 is 9.47 Å². The van der Waals surface area contributed by atoms with Crippen LogP contribution in [0.3, 0.4) is 0 Å². The summed E-state index contributed by atoms with van der Waals surface area (Å²) in [5.41, 5.74) is 6.87. The van der Waals surface area contributed by atoms with Gasteiger partial charge in [-0.05, 0) is 83.3 Å². The van der Waals surface area contributed by atoms with Gasteiger partial charge in [-0.15, -0.1) is 0 Å². The molecule has 0 aromatic heterocycles. The van der Waals surface area contributed by atoms with E-state index < -0.39 is 0 Å². The highest BCUT2D eigenvalue weighted by molar-refractivity contribution is 5.69. The Hall–Kier alpha value is -3.14. The van der Waals surface area contributed by atoms with Crippen LogP contribution in [0.4, 0.5) is 4.39 Å². The fraction of sp³-hybridized carbons (Fsp3) is 0.269. The van der Waals surface area contributed by atoms with Crippen LogP contribution in [0, 0.1) is 5.82 Å². The first-order chi connectivity index (χ1) is 14.6. The van der Waals surface area contributed by atoms with Gasteiger partial charge in [-0.25, -0.2) is 4.39 Å². The molecule has 0 fully saturated rings. The Morgan fingerprint density at radius 3 is 2.47 bits per heavy atom. The van der Waals surface area contributed by atoms with E-state index in [-0.39, 0.29) is 11.8 Å². The number of methoxy groups -OCH3 is 1. The summed E-state index contributed by atoms with van der Waals surface area (Å²) in [5.74, 6) is 0.287. The molecule has 0 N–H and O–H groups in total. The first-order valence-corrected chi connectivity index (χ1v) is 10.3. The van der Waals surface area contributed by atoms with Crippen molar-refractivity contribution < 1.29 is 18.7 Å². The summed E-state index contributed by atoms with van der Waals surface area (Å²) in [4.78, 5) is 11.2. The van der Waals surface area contributed by atoms with Crippen LogP contribution in [0.15, 0.2) is 60.7 Å². The lowest BCUT2D eigenvalue weighted by molar-refractivity contribution is -0.140. The number of rotatable bonds is 8. The molecule has 0 saturated heterocycles. The molecule has 154 valence electrons. The van der Waals surface area contributed by atoms with Crippen LogP contribution >= 0.6 is 0 Å². The summed E-state index contributed by atoms with van der Waals surface area (Å²) in [6.45, 7) is 0.297. The van der Waals surface area contributed by atoms with E-state index in [2.05, 4.69) is 22.9 Å². The number of hydrogen-bond donors (Lipinski definition) is 0. The summed E-state index contributed by atoms with van der Waals surface area (Å²) >= 11 is 0. The summed E-state index contributed by atoms with van der Waals surface area (Å²) in [6.07, 6.45) is 4.23. The van der Waals surface area contributed by atoms with Crippen LogP contribution in [-0.2, 0) is 35.4 Å². The van der Waals surface area contributed by atoms with E-state index in [1.165, 1.54) is 24.3 Å². The van der Waals surface area contributed by atoms with Crippen molar-refractivity contribution in [1.82, 2.24) is 0 Å². The highest BCUT2D eigenvalue weighted by atomic mass is 19.1. The number of benzene rings is 3. The lowest BCUT2D eigenvalue weighted by Gasteiger charge is -2.20. The smallest absolute Gasteiger partial charge is 0.305 e. The molecular formula is C26H25FO3. The van der Waals surface area contributed by atoms with Crippen molar-refractivity contribution in [3.05, 3.63) is 88.7 Å². The zero-order valence-corrected chi connectivity index (χ0v) is 17.1. The first kappa shape index (κ1) is 20.1. The normalized spacial score (nSPS) is 12.1. The third-order valence-electron chi connectivity index (χ3n) is 5.64. The van der Waals surface area contributed by atoms with Crippen LogP contribution in [0.5, 0.6) is 5.75 Å². The Kier molecular flexibility index (Phi) is 6.12. The minimum atomic E-state index is -0.262. The quantitative estimate of drug-likeness (QED) is 0.454. The van der Waals surface area contributed by atoms with E-state index >= 15 is 0 Å². The number of halogens is 1. The van der Waals surface area contributed by atoms with Crippen molar-refractivity contribution in [1.29, 1.82) is 0 Å². The Bertz CT molecular complexity index is 1040. The lowest BCUT2D eigenvalue weighted by Crippen LogP contribution is -2.08. The number of fused-ring (bicyclic) bond motifs is 1. The van der Waals surface area contributed by atoms with Gasteiger partial charge in [0.1, 0.15) is 18.2 Å². The molecule has 1 aliphatic rings. The van der Waals surface area contributed by atoms with Crippen molar-refractivity contribution in [3.8, 4) is 16.9 Å².